The van der Waals surface area contributed by atoms with E-state index < -0.39 is 0 Å². The number of hydrogen-bond donors (Lipinski definition) is 1. The summed E-state index contributed by atoms with van der Waals surface area (Å²) in [6, 6.07) is 0. The molecule has 2 rings (SSSR count). The van der Waals surface area contributed by atoms with Gasteiger partial charge in [0.05, 0.1) is 9.90 Å². The van der Waals surface area contributed by atoms with Gasteiger partial charge in [-0.25, -0.2) is 0 Å². The van der Waals surface area contributed by atoms with Gasteiger partial charge < -0.3 is 10.3 Å². The number of nitrogens with two attached hydrogens (primary N) is 1. The molecule has 2 aromatic rings. The van der Waals surface area contributed by atoms with E-state index in [0.717, 1.165) is 26.7 Å². The normalized spacial score (nSPS) is 10.8. The second-order valence-electron chi connectivity index (χ2n) is 3.08. The van der Waals surface area contributed by atoms with Gasteiger partial charge in [-0.05, 0) is 24.8 Å². The third-order valence-corrected chi connectivity index (χ3v) is 3.78. The molecule has 5 heteroatoms. The van der Waals surface area contributed by atoms with Gasteiger partial charge in [0.25, 0.3) is 0 Å². The maximum absolute atomic E-state index is 6.11. The van der Waals surface area contributed by atoms with Crippen LogP contribution in [0.5, 0.6) is 0 Å². The Balaban J connectivity index is 2.60. The molecule has 0 aliphatic carbocycles. The van der Waals surface area contributed by atoms with Crippen LogP contribution in [0.1, 0.15) is 11.1 Å². The zero-order valence-corrected chi connectivity index (χ0v) is 9.37. The number of aromatic nitrogens is 1. The zero-order chi connectivity index (χ0) is 10.3. The molecule has 2 N–H and O–H groups in total. The number of hydrogen-bond acceptors (Lipinski definition) is 4. The molecule has 0 unspecified atom stereocenters. The molecule has 2 aromatic heterocycles. The van der Waals surface area contributed by atoms with Gasteiger partial charge in [-0.15, -0.1) is 11.3 Å². The first-order chi connectivity index (χ1) is 6.61. The van der Waals surface area contributed by atoms with Crippen LogP contribution in [0.2, 0.25) is 5.02 Å². The topological polar surface area (TPSA) is 52.0 Å². The Kier molecular flexibility index (Phi) is 2.25. The van der Waals surface area contributed by atoms with E-state index in [1.54, 1.807) is 11.3 Å². The summed E-state index contributed by atoms with van der Waals surface area (Å²) in [6.45, 7) is 3.83. The fraction of sp³-hybridized carbons (Fsp3) is 0.222. The van der Waals surface area contributed by atoms with Gasteiger partial charge in [-0.3, -0.25) is 0 Å². The molecular weight excluding hydrogens is 220 g/mol. The quantitative estimate of drug-likeness (QED) is 0.815. The molecule has 0 atom stereocenters. The highest BCUT2D eigenvalue weighted by atomic mass is 35.5. The molecule has 0 spiro atoms. The van der Waals surface area contributed by atoms with Gasteiger partial charge in [-0.1, -0.05) is 16.8 Å². The number of rotatable bonds is 1. The first-order valence-corrected chi connectivity index (χ1v) is 5.32. The number of halogens is 1. The summed E-state index contributed by atoms with van der Waals surface area (Å²) < 4.78 is 4.89. The van der Waals surface area contributed by atoms with Crippen molar-refractivity contribution in [2.75, 3.05) is 5.73 Å². The van der Waals surface area contributed by atoms with E-state index in [9.17, 15) is 0 Å². The molecule has 0 aliphatic heterocycles. The van der Waals surface area contributed by atoms with Crippen molar-refractivity contribution in [1.82, 2.24) is 5.16 Å². The van der Waals surface area contributed by atoms with Gasteiger partial charge in [0.1, 0.15) is 5.69 Å². The molecule has 3 nitrogen and oxygen atoms in total. The molecule has 0 bridgehead atoms. The number of anilines is 1. The predicted octanol–water partition coefficient (Wildman–Crippen LogP) is 3.26. The Hall–Kier alpha value is -1.00. The van der Waals surface area contributed by atoms with Crippen LogP contribution in [0.15, 0.2) is 9.90 Å². The van der Waals surface area contributed by atoms with E-state index in [1.807, 2.05) is 19.2 Å². The number of nitrogen functional groups attached to an aromatic ring is 1. The predicted molar refractivity (Wildman–Crippen MR) is 58.7 cm³/mol. The lowest BCUT2D eigenvalue weighted by molar-refractivity contribution is 0.439. The number of aryl methyl sites for hydroxylation is 1. The summed E-state index contributed by atoms with van der Waals surface area (Å²) in [5, 5.41) is 6.60. The highest BCUT2D eigenvalue weighted by Gasteiger charge is 2.16. The van der Waals surface area contributed by atoms with Crippen LogP contribution in [0.4, 0.5) is 5.88 Å². The zero-order valence-electron chi connectivity index (χ0n) is 7.80. The summed E-state index contributed by atoms with van der Waals surface area (Å²) in [7, 11) is 0. The molecule has 0 saturated carbocycles. The number of nitrogens with zero attached hydrogens (tertiary/aromatic N) is 1. The SMILES string of the molecule is Cc1csc(-c2noc(N)c2C)c1Cl. The van der Waals surface area contributed by atoms with Crippen molar-refractivity contribution < 1.29 is 4.52 Å². The Labute approximate surface area is 90.5 Å². The minimum atomic E-state index is 0.349. The van der Waals surface area contributed by atoms with Crippen LogP contribution in [0, 0.1) is 13.8 Å². The third kappa shape index (κ3) is 1.31. The molecule has 0 saturated heterocycles. The first-order valence-electron chi connectivity index (χ1n) is 4.07. The second-order valence-corrected chi connectivity index (χ2v) is 4.34. The fourth-order valence-electron chi connectivity index (χ4n) is 1.15. The summed E-state index contributed by atoms with van der Waals surface area (Å²) in [4.78, 5) is 0.919. The Morgan fingerprint density at radius 2 is 2.21 bits per heavy atom. The van der Waals surface area contributed by atoms with Crippen LogP contribution in [0.25, 0.3) is 10.6 Å². The van der Waals surface area contributed by atoms with E-state index in [4.69, 9.17) is 21.9 Å². The van der Waals surface area contributed by atoms with Gasteiger partial charge in [-0.2, -0.15) is 0 Å². The van der Waals surface area contributed by atoms with Crippen molar-refractivity contribution in [3.05, 3.63) is 21.5 Å². The summed E-state index contributed by atoms with van der Waals surface area (Å²) in [5.74, 6) is 0.349. The van der Waals surface area contributed by atoms with E-state index >= 15 is 0 Å². The Morgan fingerprint density at radius 3 is 2.64 bits per heavy atom. The van der Waals surface area contributed by atoms with Crippen molar-refractivity contribution in [1.29, 1.82) is 0 Å². The Morgan fingerprint density at radius 1 is 1.50 bits per heavy atom. The van der Waals surface area contributed by atoms with Crippen molar-refractivity contribution in [2.24, 2.45) is 0 Å². The van der Waals surface area contributed by atoms with E-state index in [1.165, 1.54) is 0 Å². The van der Waals surface area contributed by atoms with E-state index in [0.29, 0.717) is 5.88 Å². The lowest BCUT2D eigenvalue weighted by Crippen LogP contribution is -1.83. The van der Waals surface area contributed by atoms with Crippen LogP contribution < -0.4 is 5.73 Å². The molecule has 14 heavy (non-hydrogen) atoms. The van der Waals surface area contributed by atoms with Crippen LogP contribution >= 0.6 is 22.9 Å². The average molecular weight is 229 g/mol. The number of thiophene rings is 1. The summed E-state index contributed by atoms with van der Waals surface area (Å²) >= 11 is 7.66. The molecule has 0 aliphatic rings. The van der Waals surface area contributed by atoms with Gasteiger partial charge >= 0.3 is 0 Å². The molecule has 2 heterocycles. The monoisotopic (exact) mass is 228 g/mol. The minimum Gasteiger partial charge on any atom is -0.367 e. The Bertz CT molecular complexity index is 431. The van der Waals surface area contributed by atoms with Crippen molar-refractivity contribution in [2.45, 2.75) is 13.8 Å². The molecule has 0 amide bonds. The summed E-state index contributed by atoms with van der Waals surface area (Å²) in [5.41, 5.74) is 8.20. The van der Waals surface area contributed by atoms with Gasteiger partial charge in [0.2, 0.25) is 5.88 Å². The van der Waals surface area contributed by atoms with Crippen LogP contribution in [-0.2, 0) is 0 Å². The molecule has 0 fully saturated rings. The smallest absolute Gasteiger partial charge is 0.225 e. The van der Waals surface area contributed by atoms with Gasteiger partial charge in [0.15, 0.2) is 0 Å². The van der Waals surface area contributed by atoms with Gasteiger partial charge in [0, 0.05) is 5.56 Å². The van der Waals surface area contributed by atoms with Crippen LogP contribution in [0.3, 0.4) is 0 Å². The van der Waals surface area contributed by atoms with E-state index in [2.05, 4.69) is 5.16 Å². The second kappa shape index (κ2) is 3.29. The maximum Gasteiger partial charge on any atom is 0.225 e. The highest BCUT2D eigenvalue weighted by molar-refractivity contribution is 7.14. The maximum atomic E-state index is 6.11. The third-order valence-electron chi connectivity index (χ3n) is 2.07. The fourth-order valence-corrected chi connectivity index (χ4v) is 2.47. The van der Waals surface area contributed by atoms with E-state index in [-0.39, 0.29) is 0 Å². The van der Waals surface area contributed by atoms with Crippen molar-refractivity contribution in [3.63, 3.8) is 0 Å². The molecular formula is C9H9ClN2OS. The minimum absolute atomic E-state index is 0.349. The van der Waals surface area contributed by atoms with Crippen molar-refractivity contribution in [3.8, 4) is 10.6 Å². The summed E-state index contributed by atoms with van der Waals surface area (Å²) in [6.07, 6.45) is 0. The molecule has 0 radical (unpaired) electrons. The molecule has 74 valence electrons. The van der Waals surface area contributed by atoms with Crippen LogP contribution in [-0.4, -0.2) is 5.16 Å². The highest BCUT2D eigenvalue weighted by Crippen LogP contribution is 2.38. The molecule has 0 aromatic carbocycles. The average Bonchev–Trinajstić information content (AvgIpc) is 2.63. The first kappa shape index (κ1) is 9.55. The largest absolute Gasteiger partial charge is 0.367 e. The lowest BCUT2D eigenvalue weighted by Gasteiger charge is -1.93. The van der Waals surface area contributed by atoms with Crippen molar-refractivity contribution >= 4 is 28.8 Å². The lowest BCUT2D eigenvalue weighted by atomic mass is 10.2. The standard InChI is InChI=1S/C9H9ClN2OS/c1-4-3-14-8(6(4)10)7-5(2)9(11)13-12-7/h3H,11H2,1-2H3.